The summed E-state index contributed by atoms with van der Waals surface area (Å²) < 4.78 is 9.95. The molecule has 1 aromatic rings. The van der Waals surface area contributed by atoms with Crippen LogP contribution in [0.1, 0.15) is 45.8 Å². The summed E-state index contributed by atoms with van der Waals surface area (Å²) in [5, 5.41) is 7.03. The second-order valence-electron chi connectivity index (χ2n) is 5.79. The quantitative estimate of drug-likeness (QED) is 0.735. The summed E-state index contributed by atoms with van der Waals surface area (Å²) in [5.41, 5.74) is 0. The molecule has 0 saturated carbocycles. The van der Waals surface area contributed by atoms with E-state index in [1.54, 1.807) is 0 Å². The Bertz CT molecular complexity index is 416. The molecule has 0 spiro atoms. The van der Waals surface area contributed by atoms with E-state index < -0.39 is 0 Å². The predicted octanol–water partition coefficient (Wildman–Crippen LogP) is 1.95. The molecular formula is C14H25N3O3. The number of nitrogens with zero attached hydrogens (tertiary/aromatic N) is 2. The fourth-order valence-corrected chi connectivity index (χ4v) is 1.90. The number of carbonyl (C=O) groups excluding carboxylic acids is 1. The van der Waals surface area contributed by atoms with Crippen LogP contribution in [0.4, 0.5) is 0 Å². The normalized spacial score (nSPS) is 12.9. The van der Waals surface area contributed by atoms with Gasteiger partial charge in [-0.3, -0.25) is 10.1 Å². The minimum atomic E-state index is -0.347. The third-order valence-electron chi connectivity index (χ3n) is 2.79. The van der Waals surface area contributed by atoms with E-state index in [-0.39, 0.29) is 12.0 Å². The van der Waals surface area contributed by atoms with E-state index in [4.69, 9.17) is 9.26 Å². The Kier molecular flexibility index (Phi) is 6.64. The highest BCUT2D eigenvalue weighted by molar-refractivity contribution is 5.75. The van der Waals surface area contributed by atoms with Crippen molar-refractivity contribution in [1.29, 1.82) is 0 Å². The molecule has 6 nitrogen and oxygen atoms in total. The van der Waals surface area contributed by atoms with Crippen molar-refractivity contribution in [2.45, 2.75) is 53.1 Å². The molecule has 0 aromatic carbocycles. The molecule has 1 atom stereocenters. The summed E-state index contributed by atoms with van der Waals surface area (Å²) >= 11 is 0. The van der Waals surface area contributed by atoms with Gasteiger partial charge in [-0.25, -0.2) is 0 Å². The number of esters is 1. The molecule has 0 bridgehead atoms. The Hall–Kier alpha value is -1.43. The van der Waals surface area contributed by atoms with Crippen LogP contribution in [0.15, 0.2) is 4.52 Å². The molecule has 0 radical (unpaired) electrons. The van der Waals surface area contributed by atoms with Crippen molar-refractivity contribution < 1.29 is 14.1 Å². The predicted molar refractivity (Wildman–Crippen MR) is 74.9 cm³/mol. The van der Waals surface area contributed by atoms with Gasteiger partial charge in [-0.05, 0) is 18.3 Å². The van der Waals surface area contributed by atoms with Crippen LogP contribution in [0, 0.1) is 11.8 Å². The van der Waals surface area contributed by atoms with Crippen molar-refractivity contribution in [3.05, 3.63) is 11.7 Å². The van der Waals surface area contributed by atoms with Gasteiger partial charge in [0.1, 0.15) is 6.04 Å². The molecular weight excluding hydrogens is 258 g/mol. The molecule has 0 aliphatic carbocycles. The zero-order valence-corrected chi connectivity index (χ0v) is 13.0. The van der Waals surface area contributed by atoms with E-state index in [9.17, 15) is 4.79 Å². The highest BCUT2D eigenvalue weighted by Gasteiger charge is 2.20. The highest BCUT2D eigenvalue weighted by atomic mass is 16.5. The van der Waals surface area contributed by atoms with Gasteiger partial charge in [0.2, 0.25) is 5.89 Å². The first kappa shape index (κ1) is 16.6. The molecule has 20 heavy (non-hydrogen) atoms. The van der Waals surface area contributed by atoms with Gasteiger partial charge in [0.05, 0.1) is 13.7 Å². The van der Waals surface area contributed by atoms with Gasteiger partial charge in [-0.2, -0.15) is 4.98 Å². The molecule has 0 aliphatic rings. The lowest BCUT2D eigenvalue weighted by atomic mass is 10.0. The van der Waals surface area contributed by atoms with E-state index in [1.807, 2.05) is 0 Å². The van der Waals surface area contributed by atoms with Crippen molar-refractivity contribution in [1.82, 2.24) is 15.5 Å². The maximum atomic E-state index is 11.7. The molecule has 0 saturated heterocycles. The lowest BCUT2D eigenvalue weighted by Gasteiger charge is -2.17. The van der Waals surface area contributed by atoms with E-state index in [0.29, 0.717) is 36.5 Å². The standard InChI is InChI=1S/C14H25N3O3/c1-9(2)6-11(14(18)19-5)15-8-13-16-12(17-20-13)7-10(3)4/h9-11,15H,6-8H2,1-5H3. The molecule has 0 amide bonds. The van der Waals surface area contributed by atoms with Crippen LogP contribution in [0.5, 0.6) is 0 Å². The number of nitrogens with one attached hydrogen (secondary N) is 1. The van der Waals surface area contributed by atoms with Crippen LogP contribution >= 0.6 is 0 Å². The monoisotopic (exact) mass is 283 g/mol. The smallest absolute Gasteiger partial charge is 0.322 e. The summed E-state index contributed by atoms with van der Waals surface area (Å²) in [4.78, 5) is 16.0. The van der Waals surface area contributed by atoms with Gasteiger partial charge in [0.25, 0.3) is 0 Å². The molecule has 114 valence electrons. The van der Waals surface area contributed by atoms with Crippen molar-refractivity contribution in [2.24, 2.45) is 11.8 Å². The van der Waals surface area contributed by atoms with Gasteiger partial charge < -0.3 is 9.26 Å². The van der Waals surface area contributed by atoms with Crippen LogP contribution in [0.25, 0.3) is 0 Å². The summed E-state index contributed by atoms with van der Waals surface area (Å²) in [7, 11) is 1.39. The van der Waals surface area contributed by atoms with Crippen LogP contribution in [0.3, 0.4) is 0 Å². The zero-order chi connectivity index (χ0) is 15.1. The molecule has 1 heterocycles. The molecule has 1 unspecified atom stereocenters. The molecule has 1 aromatic heterocycles. The topological polar surface area (TPSA) is 77.2 Å². The number of aromatic nitrogens is 2. The van der Waals surface area contributed by atoms with Crippen LogP contribution in [-0.4, -0.2) is 29.3 Å². The van der Waals surface area contributed by atoms with Gasteiger partial charge in [0, 0.05) is 6.42 Å². The minimum absolute atomic E-state index is 0.263. The van der Waals surface area contributed by atoms with Gasteiger partial charge in [-0.15, -0.1) is 0 Å². The highest BCUT2D eigenvalue weighted by Crippen LogP contribution is 2.08. The molecule has 6 heteroatoms. The van der Waals surface area contributed by atoms with Crippen LogP contribution in [-0.2, 0) is 22.5 Å². The van der Waals surface area contributed by atoms with E-state index in [2.05, 4.69) is 43.2 Å². The Morgan fingerprint density at radius 1 is 1.30 bits per heavy atom. The largest absolute Gasteiger partial charge is 0.468 e. The average molecular weight is 283 g/mol. The Morgan fingerprint density at radius 3 is 2.55 bits per heavy atom. The summed E-state index contributed by atoms with van der Waals surface area (Å²) in [6.07, 6.45) is 1.50. The first-order valence-corrected chi connectivity index (χ1v) is 7.05. The summed E-state index contributed by atoms with van der Waals surface area (Å²) in [6, 6.07) is -0.347. The number of hydrogen-bond acceptors (Lipinski definition) is 6. The number of methoxy groups -OCH3 is 1. The first-order valence-electron chi connectivity index (χ1n) is 7.05. The Labute approximate surface area is 120 Å². The van der Waals surface area contributed by atoms with Crippen molar-refractivity contribution in [3.63, 3.8) is 0 Å². The molecule has 0 aliphatic heterocycles. The number of hydrogen-bond donors (Lipinski definition) is 1. The maximum Gasteiger partial charge on any atom is 0.322 e. The number of rotatable bonds is 8. The zero-order valence-electron chi connectivity index (χ0n) is 13.0. The van der Waals surface area contributed by atoms with Gasteiger partial charge >= 0.3 is 5.97 Å². The molecule has 0 fully saturated rings. The van der Waals surface area contributed by atoms with Gasteiger partial charge in [-0.1, -0.05) is 32.9 Å². The molecule has 1 N–H and O–H groups in total. The number of ether oxygens (including phenoxy) is 1. The first-order chi connectivity index (χ1) is 9.42. The van der Waals surface area contributed by atoms with E-state index in [1.165, 1.54) is 7.11 Å². The summed E-state index contributed by atoms with van der Waals surface area (Å²) in [6.45, 7) is 8.70. The van der Waals surface area contributed by atoms with Gasteiger partial charge in [0.15, 0.2) is 5.82 Å². The lowest BCUT2D eigenvalue weighted by Crippen LogP contribution is -2.38. The third-order valence-corrected chi connectivity index (χ3v) is 2.79. The Morgan fingerprint density at radius 2 is 2.00 bits per heavy atom. The fraction of sp³-hybridized carbons (Fsp3) is 0.786. The number of carbonyl (C=O) groups is 1. The fourth-order valence-electron chi connectivity index (χ4n) is 1.90. The van der Waals surface area contributed by atoms with E-state index in [0.717, 1.165) is 6.42 Å². The van der Waals surface area contributed by atoms with E-state index >= 15 is 0 Å². The Balaban J connectivity index is 2.53. The second-order valence-corrected chi connectivity index (χ2v) is 5.79. The lowest BCUT2D eigenvalue weighted by molar-refractivity contribution is -0.143. The SMILES string of the molecule is COC(=O)C(CC(C)C)NCc1nc(CC(C)C)no1. The maximum absolute atomic E-state index is 11.7. The second kappa shape index (κ2) is 7.99. The van der Waals surface area contributed by atoms with Crippen LogP contribution in [0.2, 0.25) is 0 Å². The average Bonchev–Trinajstić information content (AvgIpc) is 2.79. The minimum Gasteiger partial charge on any atom is -0.468 e. The third kappa shape index (κ3) is 5.69. The van der Waals surface area contributed by atoms with Crippen molar-refractivity contribution in [2.75, 3.05) is 7.11 Å². The van der Waals surface area contributed by atoms with Crippen molar-refractivity contribution in [3.8, 4) is 0 Å². The van der Waals surface area contributed by atoms with Crippen LogP contribution < -0.4 is 5.32 Å². The molecule has 1 rings (SSSR count). The van der Waals surface area contributed by atoms with Crippen molar-refractivity contribution >= 4 is 5.97 Å². The summed E-state index contributed by atoms with van der Waals surface area (Å²) in [5.74, 6) is 1.82.